The Bertz CT molecular complexity index is 659. The lowest BCUT2D eigenvalue weighted by Crippen LogP contribution is -2.50. The third kappa shape index (κ3) is 4.99. The van der Waals surface area contributed by atoms with Crippen LogP contribution in [0.25, 0.3) is 0 Å². The van der Waals surface area contributed by atoms with Crippen LogP contribution in [-0.2, 0) is 17.8 Å². The van der Waals surface area contributed by atoms with Crippen LogP contribution in [0, 0.1) is 0 Å². The Labute approximate surface area is 142 Å². The highest BCUT2D eigenvalue weighted by atomic mass is 16.5. The van der Waals surface area contributed by atoms with Crippen molar-refractivity contribution in [1.82, 2.24) is 5.32 Å². The number of hydrogen-bond donors (Lipinski definition) is 2. The highest BCUT2D eigenvalue weighted by molar-refractivity contribution is 5.68. The van der Waals surface area contributed by atoms with Crippen molar-refractivity contribution in [2.24, 2.45) is 0 Å². The van der Waals surface area contributed by atoms with Crippen molar-refractivity contribution < 1.29 is 19.4 Å². The molecule has 0 spiro atoms. The van der Waals surface area contributed by atoms with Crippen molar-refractivity contribution in [3.05, 3.63) is 65.7 Å². The fourth-order valence-electron chi connectivity index (χ4n) is 2.41. The van der Waals surface area contributed by atoms with E-state index in [1.54, 1.807) is 14.0 Å². The highest BCUT2D eigenvalue weighted by Crippen LogP contribution is 2.22. The van der Waals surface area contributed by atoms with E-state index in [4.69, 9.17) is 9.47 Å². The van der Waals surface area contributed by atoms with Gasteiger partial charge in [-0.1, -0.05) is 48.5 Å². The molecule has 5 nitrogen and oxygen atoms in total. The van der Waals surface area contributed by atoms with Gasteiger partial charge < -0.3 is 19.9 Å². The number of carbonyl (C=O) groups is 1. The molecule has 0 saturated carbocycles. The minimum absolute atomic E-state index is 0.183. The lowest BCUT2D eigenvalue weighted by Gasteiger charge is -2.29. The average Bonchev–Trinajstić information content (AvgIpc) is 2.61. The van der Waals surface area contributed by atoms with Crippen LogP contribution in [0.5, 0.6) is 5.75 Å². The van der Waals surface area contributed by atoms with E-state index in [1.807, 2.05) is 54.6 Å². The SMILES string of the molecule is COc1ccccc1CC(C)(CO)NC(=O)OCc1ccccc1. The molecular formula is C19H23NO4. The van der Waals surface area contributed by atoms with E-state index < -0.39 is 11.6 Å². The van der Waals surface area contributed by atoms with Crippen molar-refractivity contribution in [2.45, 2.75) is 25.5 Å². The zero-order chi connectivity index (χ0) is 17.4. The number of aliphatic hydroxyl groups excluding tert-OH is 1. The number of aliphatic hydroxyl groups is 1. The van der Waals surface area contributed by atoms with E-state index in [1.165, 1.54) is 0 Å². The number of hydrogen-bond acceptors (Lipinski definition) is 4. The smallest absolute Gasteiger partial charge is 0.407 e. The predicted octanol–water partition coefficient (Wildman–Crippen LogP) is 2.92. The second-order valence-electron chi connectivity index (χ2n) is 5.89. The molecule has 0 aliphatic carbocycles. The van der Waals surface area contributed by atoms with Crippen molar-refractivity contribution >= 4 is 6.09 Å². The second-order valence-corrected chi connectivity index (χ2v) is 5.89. The summed E-state index contributed by atoms with van der Waals surface area (Å²) in [6.45, 7) is 1.73. The molecule has 1 atom stereocenters. The van der Waals surface area contributed by atoms with Gasteiger partial charge >= 0.3 is 6.09 Å². The summed E-state index contributed by atoms with van der Waals surface area (Å²) in [7, 11) is 1.59. The summed E-state index contributed by atoms with van der Waals surface area (Å²) in [5.41, 5.74) is 0.963. The van der Waals surface area contributed by atoms with Crippen LogP contribution in [0.2, 0.25) is 0 Å². The quantitative estimate of drug-likeness (QED) is 0.819. The number of benzene rings is 2. The second kappa shape index (κ2) is 8.36. The molecule has 0 radical (unpaired) electrons. The summed E-state index contributed by atoms with van der Waals surface area (Å²) in [4.78, 5) is 12.1. The molecule has 0 heterocycles. The van der Waals surface area contributed by atoms with Crippen molar-refractivity contribution in [2.75, 3.05) is 13.7 Å². The minimum Gasteiger partial charge on any atom is -0.496 e. The van der Waals surface area contributed by atoms with Crippen molar-refractivity contribution in [3.63, 3.8) is 0 Å². The van der Waals surface area contributed by atoms with Crippen molar-refractivity contribution in [1.29, 1.82) is 0 Å². The number of rotatable bonds is 7. The van der Waals surface area contributed by atoms with Crippen LogP contribution < -0.4 is 10.1 Å². The molecule has 0 aliphatic rings. The van der Waals surface area contributed by atoms with E-state index in [0.717, 1.165) is 16.9 Å². The Balaban J connectivity index is 1.97. The van der Waals surface area contributed by atoms with Crippen molar-refractivity contribution in [3.8, 4) is 5.75 Å². The molecule has 0 aromatic heterocycles. The summed E-state index contributed by atoms with van der Waals surface area (Å²) >= 11 is 0. The first-order chi connectivity index (χ1) is 11.6. The zero-order valence-corrected chi connectivity index (χ0v) is 14.0. The fourth-order valence-corrected chi connectivity index (χ4v) is 2.41. The maximum Gasteiger partial charge on any atom is 0.407 e. The number of amides is 1. The van der Waals surface area contributed by atoms with Crippen LogP contribution in [0.15, 0.2) is 54.6 Å². The Morgan fingerprint density at radius 2 is 1.79 bits per heavy atom. The van der Waals surface area contributed by atoms with E-state index in [9.17, 15) is 9.90 Å². The first kappa shape index (κ1) is 17.8. The number of alkyl carbamates (subject to hydrolysis) is 1. The van der Waals surface area contributed by atoms with E-state index in [-0.39, 0.29) is 13.2 Å². The topological polar surface area (TPSA) is 67.8 Å². The molecule has 24 heavy (non-hydrogen) atoms. The van der Waals surface area contributed by atoms with Gasteiger partial charge in [0.25, 0.3) is 0 Å². The summed E-state index contributed by atoms with van der Waals surface area (Å²) in [6, 6.07) is 17.0. The molecular weight excluding hydrogens is 306 g/mol. The van der Waals surface area contributed by atoms with Crippen LogP contribution in [0.3, 0.4) is 0 Å². The molecule has 2 aromatic carbocycles. The average molecular weight is 329 g/mol. The maximum atomic E-state index is 12.1. The summed E-state index contributed by atoms with van der Waals surface area (Å²) in [5.74, 6) is 0.719. The molecule has 0 saturated heterocycles. The largest absolute Gasteiger partial charge is 0.496 e. The van der Waals surface area contributed by atoms with E-state index in [0.29, 0.717) is 6.42 Å². The van der Waals surface area contributed by atoms with Gasteiger partial charge in [0.2, 0.25) is 0 Å². The van der Waals surface area contributed by atoms with Gasteiger partial charge in [-0.2, -0.15) is 0 Å². The molecule has 0 aliphatic heterocycles. The van der Waals surface area contributed by atoms with Gasteiger partial charge in [0.05, 0.1) is 19.3 Å². The third-order valence-electron chi connectivity index (χ3n) is 3.74. The molecule has 1 unspecified atom stereocenters. The molecule has 0 bridgehead atoms. The normalized spacial score (nSPS) is 13.0. The number of nitrogens with one attached hydrogen (secondary N) is 1. The number of carbonyl (C=O) groups excluding carboxylic acids is 1. The van der Waals surface area contributed by atoms with Crippen LogP contribution in [0.1, 0.15) is 18.1 Å². The zero-order valence-electron chi connectivity index (χ0n) is 14.0. The Morgan fingerprint density at radius 1 is 1.12 bits per heavy atom. The minimum atomic E-state index is -0.845. The molecule has 0 fully saturated rings. The van der Waals surface area contributed by atoms with Crippen LogP contribution >= 0.6 is 0 Å². The Morgan fingerprint density at radius 3 is 2.46 bits per heavy atom. The van der Waals surface area contributed by atoms with Gasteiger partial charge in [-0.25, -0.2) is 4.79 Å². The molecule has 1 amide bonds. The summed E-state index contributed by atoms with van der Waals surface area (Å²) < 4.78 is 10.5. The molecule has 2 N–H and O–H groups in total. The molecule has 2 rings (SSSR count). The lowest BCUT2D eigenvalue weighted by atomic mass is 9.93. The third-order valence-corrected chi connectivity index (χ3v) is 3.74. The summed E-state index contributed by atoms with van der Waals surface area (Å²) in [5, 5.41) is 12.5. The van der Waals surface area contributed by atoms with E-state index >= 15 is 0 Å². The Hall–Kier alpha value is -2.53. The first-order valence-electron chi connectivity index (χ1n) is 7.78. The van der Waals surface area contributed by atoms with Gasteiger partial charge in [0.1, 0.15) is 12.4 Å². The fraction of sp³-hybridized carbons (Fsp3) is 0.316. The first-order valence-corrected chi connectivity index (χ1v) is 7.78. The Kier molecular flexibility index (Phi) is 6.21. The highest BCUT2D eigenvalue weighted by Gasteiger charge is 2.28. The van der Waals surface area contributed by atoms with E-state index in [2.05, 4.69) is 5.32 Å². The monoisotopic (exact) mass is 329 g/mol. The number of ether oxygens (including phenoxy) is 2. The van der Waals surface area contributed by atoms with Crippen LogP contribution in [-0.4, -0.2) is 30.5 Å². The molecule has 5 heteroatoms. The predicted molar refractivity (Wildman–Crippen MR) is 92.0 cm³/mol. The van der Waals surface area contributed by atoms with Gasteiger partial charge in [0, 0.05) is 6.42 Å². The van der Waals surface area contributed by atoms with Gasteiger partial charge in [0.15, 0.2) is 0 Å². The number of methoxy groups -OCH3 is 1. The summed E-state index contributed by atoms with van der Waals surface area (Å²) in [6.07, 6.45) is -0.140. The van der Waals surface area contributed by atoms with Gasteiger partial charge in [-0.05, 0) is 24.1 Å². The van der Waals surface area contributed by atoms with Gasteiger partial charge in [-0.15, -0.1) is 0 Å². The maximum absolute atomic E-state index is 12.1. The lowest BCUT2D eigenvalue weighted by molar-refractivity contribution is 0.111. The molecule has 128 valence electrons. The number of para-hydroxylation sites is 1. The van der Waals surface area contributed by atoms with Gasteiger partial charge in [-0.3, -0.25) is 0 Å². The standard InChI is InChI=1S/C19H23NO4/c1-19(14-21,12-16-10-6-7-11-17(16)23-2)20-18(22)24-13-15-8-4-3-5-9-15/h3-11,21H,12-14H2,1-2H3,(H,20,22). The molecule has 2 aromatic rings. The van der Waals surface area contributed by atoms with Crippen LogP contribution in [0.4, 0.5) is 4.79 Å².